The summed E-state index contributed by atoms with van der Waals surface area (Å²) in [7, 11) is 0. The van der Waals surface area contributed by atoms with Crippen LogP contribution in [0.4, 0.5) is 21.0 Å². The summed E-state index contributed by atoms with van der Waals surface area (Å²) in [5.41, 5.74) is 1.42. The maximum absolute atomic E-state index is 12.1. The van der Waals surface area contributed by atoms with Crippen molar-refractivity contribution in [3.8, 4) is 11.5 Å². The quantitative estimate of drug-likeness (QED) is 0.640. The van der Waals surface area contributed by atoms with Gasteiger partial charge in [0, 0.05) is 37.6 Å². The Hall–Kier alpha value is -3.22. The number of urea groups is 2. The minimum Gasteiger partial charge on any atom is -0.457 e. The number of nitrogens with one attached hydrogen (secondary N) is 2. The van der Waals surface area contributed by atoms with Crippen LogP contribution in [0.1, 0.15) is 27.7 Å². The molecule has 0 spiro atoms. The molecule has 0 aromatic heterocycles. The summed E-state index contributed by atoms with van der Waals surface area (Å²) in [6, 6.07) is 14.2. The Bertz CT molecular complexity index is 715. The number of hydrogen-bond acceptors (Lipinski definition) is 3. The SMILES string of the molecule is CCN(CC)C(=O)Nc1ccc(Oc2ccc(NC(=O)N(CC)CC)cc2)cc1. The maximum atomic E-state index is 12.1. The van der Waals surface area contributed by atoms with Gasteiger partial charge in [0.05, 0.1) is 0 Å². The van der Waals surface area contributed by atoms with E-state index < -0.39 is 0 Å². The molecule has 7 heteroatoms. The van der Waals surface area contributed by atoms with Gasteiger partial charge in [-0.05, 0) is 76.2 Å². The molecule has 0 fully saturated rings. The Morgan fingerprint density at radius 3 is 1.24 bits per heavy atom. The highest BCUT2D eigenvalue weighted by atomic mass is 16.5. The molecule has 29 heavy (non-hydrogen) atoms. The maximum Gasteiger partial charge on any atom is 0.321 e. The van der Waals surface area contributed by atoms with E-state index in [1.807, 2.05) is 27.7 Å². The zero-order valence-electron chi connectivity index (χ0n) is 17.6. The molecule has 0 atom stereocenters. The predicted molar refractivity (Wildman–Crippen MR) is 117 cm³/mol. The number of ether oxygens (including phenoxy) is 1. The molecular formula is C22H30N4O3. The van der Waals surface area contributed by atoms with E-state index in [9.17, 15) is 9.59 Å². The van der Waals surface area contributed by atoms with E-state index in [0.717, 1.165) is 0 Å². The molecule has 4 amide bonds. The summed E-state index contributed by atoms with van der Waals surface area (Å²) in [5, 5.41) is 5.73. The Balaban J connectivity index is 1.93. The lowest BCUT2D eigenvalue weighted by molar-refractivity contribution is 0.216. The average molecular weight is 399 g/mol. The predicted octanol–water partition coefficient (Wildman–Crippen LogP) is 5.23. The molecule has 0 heterocycles. The van der Waals surface area contributed by atoms with E-state index in [1.54, 1.807) is 58.3 Å². The number of nitrogens with zero attached hydrogens (tertiary/aromatic N) is 2. The van der Waals surface area contributed by atoms with Gasteiger partial charge in [-0.3, -0.25) is 0 Å². The van der Waals surface area contributed by atoms with Crippen molar-refractivity contribution >= 4 is 23.4 Å². The van der Waals surface area contributed by atoms with Crippen LogP contribution in [0, 0.1) is 0 Å². The van der Waals surface area contributed by atoms with Crippen molar-refractivity contribution in [2.45, 2.75) is 27.7 Å². The van der Waals surface area contributed by atoms with Crippen molar-refractivity contribution in [3.05, 3.63) is 48.5 Å². The van der Waals surface area contributed by atoms with Crippen molar-refractivity contribution < 1.29 is 14.3 Å². The van der Waals surface area contributed by atoms with Gasteiger partial charge in [-0.15, -0.1) is 0 Å². The van der Waals surface area contributed by atoms with Gasteiger partial charge in [-0.2, -0.15) is 0 Å². The second-order valence-electron chi connectivity index (χ2n) is 6.36. The third kappa shape index (κ3) is 6.41. The van der Waals surface area contributed by atoms with E-state index >= 15 is 0 Å². The van der Waals surface area contributed by atoms with Crippen LogP contribution in [0.5, 0.6) is 11.5 Å². The fourth-order valence-corrected chi connectivity index (χ4v) is 2.78. The third-order valence-electron chi connectivity index (χ3n) is 4.55. The molecular weight excluding hydrogens is 368 g/mol. The van der Waals surface area contributed by atoms with Crippen LogP contribution in [-0.4, -0.2) is 48.0 Å². The Morgan fingerprint density at radius 1 is 0.655 bits per heavy atom. The molecule has 0 saturated carbocycles. The van der Waals surface area contributed by atoms with E-state index in [4.69, 9.17) is 4.74 Å². The average Bonchev–Trinajstić information content (AvgIpc) is 2.73. The molecule has 2 aromatic rings. The number of carbonyl (C=O) groups is 2. The standard InChI is InChI=1S/C22H30N4O3/c1-5-25(6-2)21(27)23-17-9-13-19(14-10-17)29-20-15-11-18(12-16-20)24-22(28)26(7-3)8-4/h9-16H,5-8H2,1-4H3,(H,23,27)(H,24,28). The van der Waals surface area contributed by atoms with Crippen LogP contribution in [0.25, 0.3) is 0 Å². The van der Waals surface area contributed by atoms with Crippen LogP contribution in [0.3, 0.4) is 0 Å². The molecule has 0 aliphatic carbocycles. The molecule has 0 aliphatic heterocycles. The van der Waals surface area contributed by atoms with Gasteiger partial charge in [-0.1, -0.05) is 0 Å². The fraction of sp³-hybridized carbons (Fsp3) is 0.364. The second kappa shape index (κ2) is 10.9. The van der Waals surface area contributed by atoms with Gasteiger partial charge in [0.1, 0.15) is 11.5 Å². The number of rotatable bonds is 8. The molecule has 0 radical (unpaired) electrons. The smallest absolute Gasteiger partial charge is 0.321 e. The second-order valence-corrected chi connectivity index (χ2v) is 6.36. The van der Waals surface area contributed by atoms with Crippen LogP contribution < -0.4 is 15.4 Å². The zero-order valence-corrected chi connectivity index (χ0v) is 17.6. The summed E-state index contributed by atoms with van der Waals surface area (Å²) in [4.78, 5) is 27.6. The lowest BCUT2D eigenvalue weighted by Crippen LogP contribution is -2.34. The number of amides is 4. The molecule has 2 rings (SSSR count). The summed E-state index contributed by atoms with van der Waals surface area (Å²) in [6.45, 7) is 10.4. The van der Waals surface area contributed by atoms with Crippen LogP contribution in [0.15, 0.2) is 48.5 Å². The molecule has 0 unspecified atom stereocenters. The van der Waals surface area contributed by atoms with Gasteiger partial charge in [-0.25, -0.2) is 9.59 Å². The minimum atomic E-state index is -0.119. The summed E-state index contributed by atoms with van der Waals surface area (Å²) in [5.74, 6) is 1.32. The van der Waals surface area contributed by atoms with Crippen LogP contribution in [-0.2, 0) is 0 Å². The van der Waals surface area contributed by atoms with E-state index in [1.165, 1.54) is 0 Å². The van der Waals surface area contributed by atoms with Gasteiger partial charge < -0.3 is 25.2 Å². The van der Waals surface area contributed by atoms with E-state index in [0.29, 0.717) is 49.1 Å². The number of benzene rings is 2. The third-order valence-corrected chi connectivity index (χ3v) is 4.55. The molecule has 0 bridgehead atoms. The summed E-state index contributed by atoms with van der Waals surface area (Å²) >= 11 is 0. The molecule has 2 aromatic carbocycles. The van der Waals surface area contributed by atoms with Crippen molar-refractivity contribution in [1.29, 1.82) is 0 Å². The Labute approximate surface area is 172 Å². The van der Waals surface area contributed by atoms with Crippen molar-refractivity contribution in [1.82, 2.24) is 9.80 Å². The number of carbonyl (C=O) groups excluding carboxylic acids is 2. The first-order chi connectivity index (χ1) is 14.0. The highest BCUT2D eigenvalue weighted by molar-refractivity contribution is 5.90. The number of anilines is 2. The van der Waals surface area contributed by atoms with Gasteiger partial charge in [0.25, 0.3) is 0 Å². The van der Waals surface area contributed by atoms with Crippen LogP contribution in [0.2, 0.25) is 0 Å². The lowest BCUT2D eigenvalue weighted by Gasteiger charge is -2.19. The van der Waals surface area contributed by atoms with Crippen molar-refractivity contribution in [3.63, 3.8) is 0 Å². The molecule has 7 nitrogen and oxygen atoms in total. The molecule has 2 N–H and O–H groups in total. The molecule has 0 aliphatic rings. The number of hydrogen-bond donors (Lipinski definition) is 2. The minimum absolute atomic E-state index is 0.119. The summed E-state index contributed by atoms with van der Waals surface area (Å²) in [6.07, 6.45) is 0. The fourth-order valence-electron chi connectivity index (χ4n) is 2.78. The van der Waals surface area contributed by atoms with Gasteiger partial charge >= 0.3 is 12.1 Å². The summed E-state index contributed by atoms with van der Waals surface area (Å²) < 4.78 is 5.83. The zero-order chi connectivity index (χ0) is 21.2. The van der Waals surface area contributed by atoms with Gasteiger partial charge in [0.15, 0.2) is 0 Å². The normalized spacial score (nSPS) is 10.2. The first-order valence-electron chi connectivity index (χ1n) is 10.00. The lowest BCUT2D eigenvalue weighted by atomic mass is 10.3. The highest BCUT2D eigenvalue weighted by Gasteiger charge is 2.10. The first-order valence-corrected chi connectivity index (χ1v) is 10.00. The monoisotopic (exact) mass is 398 g/mol. The molecule has 156 valence electrons. The first kappa shape index (κ1) is 22.1. The van der Waals surface area contributed by atoms with Crippen molar-refractivity contribution in [2.75, 3.05) is 36.8 Å². The van der Waals surface area contributed by atoms with E-state index in [2.05, 4.69) is 10.6 Å². The van der Waals surface area contributed by atoms with Gasteiger partial charge in [0.2, 0.25) is 0 Å². The van der Waals surface area contributed by atoms with Crippen LogP contribution >= 0.6 is 0 Å². The Kier molecular flexibility index (Phi) is 8.33. The largest absolute Gasteiger partial charge is 0.457 e. The Morgan fingerprint density at radius 2 is 0.966 bits per heavy atom. The molecule has 0 saturated heterocycles. The topological polar surface area (TPSA) is 73.9 Å². The van der Waals surface area contributed by atoms with Crippen molar-refractivity contribution in [2.24, 2.45) is 0 Å². The van der Waals surface area contributed by atoms with E-state index in [-0.39, 0.29) is 12.1 Å². The highest BCUT2D eigenvalue weighted by Crippen LogP contribution is 2.24.